The second kappa shape index (κ2) is 4.77. The minimum Gasteiger partial charge on any atom is -0.397 e. The van der Waals surface area contributed by atoms with Gasteiger partial charge in [0.25, 0.3) is 10.0 Å². The van der Waals surface area contributed by atoms with E-state index in [2.05, 4.69) is 0 Å². The van der Waals surface area contributed by atoms with Gasteiger partial charge in [0.1, 0.15) is 0 Å². The van der Waals surface area contributed by atoms with Crippen LogP contribution in [0.5, 0.6) is 0 Å². The van der Waals surface area contributed by atoms with Gasteiger partial charge < -0.3 is 5.73 Å². The fraction of sp³-hybridized carbons (Fsp3) is 0.250. The highest BCUT2D eigenvalue weighted by Crippen LogP contribution is 2.37. The molecule has 0 radical (unpaired) electrons. The molecule has 110 valence electrons. The first-order valence-electron chi connectivity index (χ1n) is 6.88. The van der Waals surface area contributed by atoms with Crippen LogP contribution < -0.4 is 10.0 Å². The largest absolute Gasteiger partial charge is 0.397 e. The lowest BCUT2D eigenvalue weighted by Gasteiger charge is -2.21. The lowest BCUT2D eigenvalue weighted by Crippen LogP contribution is -2.29. The number of nitrogen functional groups attached to an aromatic ring is 1. The molecule has 2 aromatic rings. The lowest BCUT2D eigenvalue weighted by atomic mass is 10.1. The van der Waals surface area contributed by atoms with Crippen LogP contribution in [0.3, 0.4) is 0 Å². The quantitative estimate of drug-likeness (QED) is 0.867. The van der Waals surface area contributed by atoms with E-state index in [0.29, 0.717) is 29.2 Å². The lowest BCUT2D eigenvalue weighted by molar-refractivity contribution is 0.592. The first kappa shape index (κ1) is 13.9. The van der Waals surface area contributed by atoms with Gasteiger partial charge in [-0.3, -0.25) is 4.31 Å². The van der Waals surface area contributed by atoms with Crippen LogP contribution in [0.4, 0.5) is 11.4 Å². The molecule has 0 amide bonds. The number of hydrogen-bond acceptors (Lipinski definition) is 3. The summed E-state index contributed by atoms with van der Waals surface area (Å²) in [6.07, 6.45) is 0.699. The number of nitrogens with two attached hydrogens (primary N) is 1. The van der Waals surface area contributed by atoms with E-state index in [1.807, 2.05) is 32.0 Å². The maximum Gasteiger partial charge on any atom is 0.264 e. The topological polar surface area (TPSA) is 63.4 Å². The molecular formula is C16H18N2O2S. The Hall–Kier alpha value is -2.01. The summed E-state index contributed by atoms with van der Waals surface area (Å²) < 4.78 is 27.2. The summed E-state index contributed by atoms with van der Waals surface area (Å²) in [5.41, 5.74) is 10.2. The molecule has 4 nitrogen and oxygen atoms in total. The van der Waals surface area contributed by atoms with Crippen molar-refractivity contribution in [1.29, 1.82) is 0 Å². The summed E-state index contributed by atoms with van der Waals surface area (Å²) >= 11 is 0. The van der Waals surface area contributed by atoms with Crippen molar-refractivity contribution in [2.75, 3.05) is 16.6 Å². The van der Waals surface area contributed by atoms with Crippen LogP contribution in [0.1, 0.15) is 16.7 Å². The van der Waals surface area contributed by atoms with Crippen molar-refractivity contribution in [2.45, 2.75) is 25.2 Å². The monoisotopic (exact) mass is 302 g/mol. The van der Waals surface area contributed by atoms with Gasteiger partial charge in [-0.2, -0.15) is 0 Å². The predicted molar refractivity (Wildman–Crippen MR) is 85.0 cm³/mol. The Kier molecular flexibility index (Phi) is 3.17. The maximum atomic E-state index is 12.9. The summed E-state index contributed by atoms with van der Waals surface area (Å²) in [6.45, 7) is 4.33. The number of anilines is 2. The van der Waals surface area contributed by atoms with Crippen LogP contribution in [-0.4, -0.2) is 15.0 Å². The summed E-state index contributed by atoms with van der Waals surface area (Å²) in [4.78, 5) is 0.321. The molecule has 1 aliphatic rings. The third-order valence-electron chi connectivity index (χ3n) is 4.05. The number of benzene rings is 2. The van der Waals surface area contributed by atoms with Gasteiger partial charge in [-0.05, 0) is 55.2 Å². The maximum absolute atomic E-state index is 12.9. The van der Waals surface area contributed by atoms with E-state index >= 15 is 0 Å². The molecule has 3 rings (SSSR count). The molecule has 1 aliphatic heterocycles. The normalized spacial score (nSPS) is 14.3. The zero-order chi connectivity index (χ0) is 15.2. The van der Waals surface area contributed by atoms with Crippen LogP contribution >= 0.6 is 0 Å². The highest BCUT2D eigenvalue weighted by atomic mass is 32.2. The fourth-order valence-corrected chi connectivity index (χ4v) is 4.31. The molecule has 21 heavy (non-hydrogen) atoms. The van der Waals surface area contributed by atoms with Crippen LogP contribution in [0, 0.1) is 13.8 Å². The zero-order valence-corrected chi connectivity index (χ0v) is 12.9. The van der Waals surface area contributed by atoms with Gasteiger partial charge in [0, 0.05) is 6.54 Å². The van der Waals surface area contributed by atoms with Crippen LogP contribution in [-0.2, 0) is 16.4 Å². The van der Waals surface area contributed by atoms with E-state index < -0.39 is 10.0 Å². The van der Waals surface area contributed by atoms with E-state index in [4.69, 9.17) is 5.73 Å². The molecule has 0 aliphatic carbocycles. The summed E-state index contributed by atoms with van der Waals surface area (Å²) in [7, 11) is -3.56. The molecule has 0 unspecified atom stereocenters. The minimum absolute atomic E-state index is 0.321. The third kappa shape index (κ3) is 2.17. The van der Waals surface area contributed by atoms with Gasteiger partial charge >= 0.3 is 0 Å². The summed E-state index contributed by atoms with van der Waals surface area (Å²) in [6, 6.07) is 10.8. The average molecular weight is 302 g/mol. The molecule has 0 saturated heterocycles. The minimum atomic E-state index is -3.56. The molecule has 1 heterocycles. The number of para-hydroxylation sites is 1. The van der Waals surface area contributed by atoms with Crippen molar-refractivity contribution in [1.82, 2.24) is 0 Å². The van der Waals surface area contributed by atoms with Crippen molar-refractivity contribution < 1.29 is 8.42 Å². The SMILES string of the molecule is Cc1ccc(S(=O)(=O)N2CCc3cccc(N)c32)cc1C. The van der Waals surface area contributed by atoms with E-state index in [1.165, 1.54) is 4.31 Å². The number of nitrogens with zero attached hydrogens (tertiary/aromatic N) is 1. The molecule has 0 spiro atoms. The van der Waals surface area contributed by atoms with Gasteiger partial charge in [-0.25, -0.2) is 8.42 Å². The zero-order valence-electron chi connectivity index (χ0n) is 12.1. The first-order chi connectivity index (χ1) is 9.91. The van der Waals surface area contributed by atoms with Crippen molar-refractivity contribution in [3.8, 4) is 0 Å². The second-order valence-electron chi connectivity index (χ2n) is 5.43. The average Bonchev–Trinajstić information content (AvgIpc) is 2.88. The summed E-state index contributed by atoms with van der Waals surface area (Å²) in [5.74, 6) is 0. The predicted octanol–water partition coefficient (Wildman–Crippen LogP) is 2.64. The standard InChI is InChI=1S/C16H18N2O2S/c1-11-6-7-14(10-12(11)2)21(19,20)18-9-8-13-4-3-5-15(17)16(13)18/h3-7,10H,8-9,17H2,1-2H3. The Morgan fingerprint density at radius 1 is 1.10 bits per heavy atom. The Balaban J connectivity index is 2.11. The Labute approximate surface area is 125 Å². The van der Waals surface area contributed by atoms with Gasteiger partial charge in [-0.15, -0.1) is 0 Å². The molecule has 5 heteroatoms. The number of fused-ring (bicyclic) bond motifs is 1. The molecule has 0 aromatic heterocycles. The molecule has 2 aromatic carbocycles. The Bertz CT molecular complexity index is 813. The molecule has 0 bridgehead atoms. The van der Waals surface area contributed by atoms with Crippen LogP contribution in [0.15, 0.2) is 41.3 Å². The molecular weight excluding hydrogens is 284 g/mol. The smallest absolute Gasteiger partial charge is 0.264 e. The second-order valence-corrected chi connectivity index (χ2v) is 7.29. The Morgan fingerprint density at radius 3 is 2.57 bits per heavy atom. The van der Waals surface area contributed by atoms with Crippen molar-refractivity contribution in [2.24, 2.45) is 0 Å². The van der Waals surface area contributed by atoms with E-state index in [9.17, 15) is 8.42 Å². The van der Waals surface area contributed by atoms with Gasteiger partial charge in [0.15, 0.2) is 0 Å². The first-order valence-corrected chi connectivity index (χ1v) is 8.32. The molecule has 0 fully saturated rings. The van der Waals surface area contributed by atoms with Crippen molar-refractivity contribution in [3.63, 3.8) is 0 Å². The van der Waals surface area contributed by atoms with Crippen LogP contribution in [0.2, 0.25) is 0 Å². The Morgan fingerprint density at radius 2 is 1.86 bits per heavy atom. The highest BCUT2D eigenvalue weighted by molar-refractivity contribution is 7.92. The fourth-order valence-electron chi connectivity index (χ4n) is 2.69. The highest BCUT2D eigenvalue weighted by Gasteiger charge is 2.32. The van der Waals surface area contributed by atoms with Crippen LogP contribution in [0.25, 0.3) is 0 Å². The van der Waals surface area contributed by atoms with Crippen molar-refractivity contribution in [3.05, 3.63) is 53.1 Å². The number of aryl methyl sites for hydroxylation is 2. The number of rotatable bonds is 2. The van der Waals surface area contributed by atoms with E-state index in [0.717, 1.165) is 16.7 Å². The molecule has 0 atom stereocenters. The molecule has 0 saturated carbocycles. The van der Waals surface area contributed by atoms with E-state index in [-0.39, 0.29) is 0 Å². The van der Waals surface area contributed by atoms with Gasteiger partial charge in [0.05, 0.1) is 16.3 Å². The molecule has 2 N–H and O–H groups in total. The number of hydrogen-bond donors (Lipinski definition) is 1. The van der Waals surface area contributed by atoms with Gasteiger partial charge in [-0.1, -0.05) is 18.2 Å². The summed E-state index contributed by atoms with van der Waals surface area (Å²) in [5, 5.41) is 0. The van der Waals surface area contributed by atoms with Crippen molar-refractivity contribution >= 4 is 21.4 Å². The number of sulfonamides is 1. The van der Waals surface area contributed by atoms with Gasteiger partial charge in [0.2, 0.25) is 0 Å². The third-order valence-corrected chi connectivity index (χ3v) is 5.85. The van der Waals surface area contributed by atoms with E-state index in [1.54, 1.807) is 18.2 Å².